The summed E-state index contributed by atoms with van der Waals surface area (Å²) in [4.78, 5) is 0. The van der Waals surface area contributed by atoms with Crippen molar-refractivity contribution in [3.63, 3.8) is 0 Å². The van der Waals surface area contributed by atoms with E-state index in [-0.39, 0.29) is 0 Å². The van der Waals surface area contributed by atoms with Crippen LogP contribution < -0.4 is 14.8 Å². The molecule has 0 unspecified atom stereocenters. The number of hydrogen-bond acceptors (Lipinski definition) is 1. The molecule has 0 N–H and O–H groups in total. The Hall–Kier alpha value is -1.63. The van der Waals surface area contributed by atoms with Gasteiger partial charge < -0.3 is 4.43 Å². The molecule has 25 heavy (non-hydrogen) atoms. The Labute approximate surface area is 160 Å². The minimum Gasteiger partial charge on any atom is -0.537 e. The average molecular weight is 427 g/mol. The van der Waals surface area contributed by atoms with Gasteiger partial charge >= 0.3 is 0 Å². The lowest BCUT2D eigenvalue weighted by Crippen LogP contribution is -2.77. The normalized spacial score (nSPS) is 12.0. The minimum atomic E-state index is -2.41. The van der Waals surface area contributed by atoms with E-state index < -0.39 is 15.4 Å². The van der Waals surface area contributed by atoms with Gasteiger partial charge in [-0.05, 0) is 38.4 Å². The maximum atomic E-state index is 7.02. The molecule has 0 saturated carbocycles. The molecule has 1 nitrogen and oxygen atoms in total. The van der Waals surface area contributed by atoms with Gasteiger partial charge in [0.1, 0.15) is 5.75 Å². The summed E-state index contributed by atoms with van der Waals surface area (Å²) in [7, 11) is -4.14. The molecular weight excluding hydrogens is 404 g/mol. The molecule has 0 aliphatic rings. The van der Waals surface area contributed by atoms with Crippen LogP contribution >= 0.6 is 15.9 Å². The molecule has 0 aliphatic carbocycles. The highest BCUT2D eigenvalue weighted by Crippen LogP contribution is 2.30. The Bertz CT molecular complexity index is 790. The molecule has 4 heteroatoms. The van der Waals surface area contributed by atoms with Gasteiger partial charge in [0, 0.05) is 0 Å². The van der Waals surface area contributed by atoms with E-state index in [1.54, 1.807) is 0 Å². The van der Waals surface area contributed by atoms with E-state index in [0.717, 1.165) is 10.2 Å². The maximum absolute atomic E-state index is 7.02. The molecule has 3 aromatic carbocycles. The number of rotatable bonds is 5. The van der Waals surface area contributed by atoms with Gasteiger partial charge in [0.25, 0.3) is 7.83 Å². The largest absolute Gasteiger partial charge is 0.537 e. The predicted octanol–water partition coefficient (Wildman–Crippen LogP) is 5.00. The first-order valence-corrected chi connectivity index (χ1v) is 15.7. The van der Waals surface area contributed by atoms with Crippen molar-refractivity contribution in [2.24, 2.45) is 0 Å². The van der Waals surface area contributed by atoms with Crippen molar-refractivity contribution in [1.29, 1.82) is 0 Å². The van der Waals surface area contributed by atoms with Gasteiger partial charge in [-0.15, -0.1) is 0 Å². The predicted molar refractivity (Wildman–Crippen MR) is 116 cm³/mol. The second-order valence-electron chi connectivity index (χ2n) is 7.20. The quantitative estimate of drug-likeness (QED) is 0.521. The Kier molecular flexibility index (Phi) is 5.32. The third-order valence-corrected chi connectivity index (χ3v) is 18.5. The molecule has 0 aliphatic heterocycles. The molecule has 0 heterocycles. The van der Waals surface area contributed by atoms with Crippen LogP contribution in [0.2, 0.25) is 19.6 Å². The minimum absolute atomic E-state index is 0.935. The fourth-order valence-electron chi connectivity index (χ4n) is 3.34. The summed E-state index contributed by atoms with van der Waals surface area (Å²) in [5.41, 5.74) is 0. The summed E-state index contributed by atoms with van der Waals surface area (Å²) in [5.74, 6) is 0.935. The third-order valence-electron chi connectivity index (χ3n) is 4.52. The molecule has 128 valence electrons. The van der Waals surface area contributed by atoms with Crippen molar-refractivity contribution in [3.05, 3.63) is 89.4 Å². The third kappa shape index (κ3) is 3.52. The van der Waals surface area contributed by atoms with Crippen molar-refractivity contribution in [3.8, 4) is 5.75 Å². The van der Waals surface area contributed by atoms with Crippen molar-refractivity contribution in [2.75, 3.05) is 0 Å². The van der Waals surface area contributed by atoms with E-state index in [4.69, 9.17) is 4.43 Å². The molecule has 0 radical (unpaired) electrons. The van der Waals surface area contributed by atoms with Gasteiger partial charge in [-0.25, -0.2) is 0 Å². The van der Waals surface area contributed by atoms with E-state index in [0.29, 0.717) is 0 Å². The molecule has 3 aromatic rings. The second-order valence-corrected chi connectivity index (χ2v) is 21.9. The van der Waals surface area contributed by atoms with E-state index >= 15 is 0 Å². The zero-order valence-corrected chi connectivity index (χ0v) is 18.5. The molecule has 0 spiro atoms. The number of para-hydroxylation sites is 1. The SMILES string of the molecule is C[Si](C)(C)[Si](Oc1ccccc1Br)(c1ccccc1)c1ccccc1. The smallest absolute Gasteiger partial charge is 0.295 e. The topological polar surface area (TPSA) is 9.23 Å². The molecule has 0 saturated heterocycles. The Morgan fingerprint density at radius 1 is 0.640 bits per heavy atom. The molecule has 0 atom stereocenters. The van der Waals surface area contributed by atoms with Gasteiger partial charge in [0.05, 0.1) is 12.1 Å². The molecule has 0 aromatic heterocycles. The molecule has 0 amide bonds. The summed E-state index contributed by atoms with van der Waals surface area (Å²) in [5, 5.41) is 2.69. The van der Waals surface area contributed by atoms with Crippen LogP contribution in [-0.2, 0) is 0 Å². The molecule has 0 bridgehead atoms. The second kappa shape index (κ2) is 7.32. The first-order valence-electron chi connectivity index (χ1n) is 8.50. The average Bonchev–Trinajstić information content (AvgIpc) is 2.61. The van der Waals surface area contributed by atoms with Crippen LogP contribution in [0.5, 0.6) is 5.75 Å². The molecular formula is C21H23BrOSi2. The lowest BCUT2D eigenvalue weighted by Gasteiger charge is -2.42. The van der Waals surface area contributed by atoms with Crippen LogP contribution in [0.1, 0.15) is 0 Å². The lowest BCUT2D eigenvalue weighted by molar-refractivity contribution is 0.576. The zero-order valence-electron chi connectivity index (χ0n) is 14.9. The van der Waals surface area contributed by atoms with Crippen LogP contribution in [0.15, 0.2) is 89.4 Å². The summed E-state index contributed by atoms with van der Waals surface area (Å²) in [6.45, 7) is 7.28. The van der Waals surface area contributed by atoms with Gasteiger partial charge in [0.2, 0.25) is 0 Å². The number of halogens is 1. The van der Waals surface area contributed by atoms with E-state index in [2.05, 4.69) is 108 Å². The van der Waals surface area contributed by atoms with Crippen molar-refractivity contribution >= 4 is 41.7 Å². The van der Waals surface area contributed by atoms with E-state index in [9.17, 15) is 0 Å². The molecule has 3 rings (SSSR count). The van der Waals surface area contributed by atoms with Crippen molar-refractivity contribution in [1.82, 2.24) is 0 Å². The summed E-state index contributed by atoms with van der Waals surface area (Å²) in [6.07, 6.45) is 0. The maximum Gasteiger partial charge on any atom is 0.295 e. The Morgan fingerprint density at radius 2 is 1.08 bits per heavy atom. The van der Waals surface area contributed by atoms with E-state index in [1.807, 2.05) is 12.1 Å². The Balaban J connectivity index is 2.28. The summed E-state index contributed by atoms with van der Waals surface area (Å²) >= 11 is 3.67. The number of hydrogen-bond donors (Lipinski definition) is 0. The number of benzene rings is 3. The van der Waals surface area contributed by atoms with Gasteiger partial charge in [-0.1, -0.05) is 92.4 Å². The summed E-state index contributed by atoms with van der Waals surface area (Å²) < 4.78 is 8.03. The molecule has 0 fully saturated rings. The van der Waals surface area contributed by atoms with Gasteiger partial charge in [0.15, 0.2) is 0 Å². The highest BCUT2D eigenvalue weighted by molar-refractivity contribution is 9.10. The van der Waals surface area contributed by atoms with Crippen molar-refractivity contribution < 1.29 is 4.43 Å². The van der Waals surface area contributed by atoms with Crippen LogP contribution in [0.25, 0.3) is 0 Å². The summed E-state index contributed by atoms with van der Waals surface area (Å²) in [6, 6.07) is 29.8. The lowest BCUT2D eigenvalue weighted by atomic mass is 10.3. The van der Waals surface area contributed by atoms with Gasteiger partial charge in [-0.2, -0.15) is 0 Å². The van der Waals surface area contributed by atoms with Crippen LogP contribution in [0.4, 0.5) is 0 Å². The highest BCUT2D eigenvalue weighted by Gasteiger charge is 2.53. The fourth-order valence-corrected chi connectivity index (χ4v) is 15.7. The van der Waals surface area contributed by atoms with Crippen molar-refractivity contribution in [2.45, 2.75) is 19.6 Å². The first-order chi connectivity index (χ1) is 11.9. The monoisotopic (exact) mass is 426 g/mol. The van der Waals surface area contributed by atoms with Crippen LogP contribution in [0.3, 0.4) is 0 Å². The highest BCUT2D eigenvalue weighted by atomic mass is 79.9. The standard InChI is InChI=1S/C21H23BrOSi2/c1-24(2,3)25(18-12-6-4-7-13-18,19-14-8-5-9-15-19)23-21-17-11-10-16-20(21)22/h4-17H,1-3H3. The van der Waals surface area contributed by atoms with Crippen LogP contribution in [-0.4, -0.2) is 15.4 Å². The van der Waals surface area contributed by atoms with E-state index in [1.165, 1.54) is 10.4 Å². The zero-order chi connectivity index (χ0) is 17.9. The van der Waals surface area contributed by atoms with Gasteiger partial charge in [-0.3, -0.25) is 0 Å². The fraction of sp³-hybridized carbons (Fsp3) is 0.143. The first kappa shape index (κ1) is 18.2. The van der Waals surface area contributed by atoms with Crippen LogP contribution in [0, 0.1) is 0 Å². The Morgan fingerprint density at radius 3 is 1.52 bits per heavy atom.